The molecular weight excluding hydrogens is 554 g/mol. The van der Waals surface area contributed by atoms with Crippen molar-refractivity contribution in [2.24, 2.45) is 5.16 Å². The van der Waals surface area contributed by atoms with Gasteiger partial charge in [0.1, 0.15) is 23.2 Å². The summed E-state index contributed by atoms with van der Waals surface area (Å²) in [6.45, 7) is 0.249. The van der Waals surface area contributed by atoms with E-state index in [0.717, 1.165) is 30.3 Å². The topological polar surface area (TPSA) is 66.8 Å². The van der Waals surface area contributed by atoms with Crippen molar-refractivity contribution >= 4 is 34.9 Å². The number of hydrogen-bond acceptors (Lipinski definition) is 5. The number of fused-ring (bicyclic) bond motifs is 1. The predicted molar refractivity (Wildman–Crippen MR) is 128 cm³/mol. The van der Waals surface area contributed by atoms with Gasteiger partial charge in [0, 0.05) is 47.5 Å². The first-order valence-corrected chi connectivity index (χ1v) is 11.9. The average Bonchev–Trinajstić information content (AvgIpc) is 3.46. The predicted octanol–water partition coefficient (Wildman–Crippen LogP) is 6.10. The van der Waals surface area contributed by atoms with Gasteiger partial charge in [-0.15, -0.1) is 0 Å². The van der Waals surface area contributed by atoms with Gasteiger partial charge in [0.15, 0.2) is 0 Å². The van der Waals surface area contributed by atoms with Crippen molar-refractivity contribution in [2.45, 2.75) is 37.8 Å². The Morgan fingerprint density at radius 3 is 2.32 bits per heavy atom. The first-order valence-electron chi connectivity index (χ1n) is 11.2. The molecule has 1 N–H and O–H groups in total. The molecule has 6 nitrogen and oxygen atoms in total. The van der Waals surface area contributed by atoms with E-state index in [-0.39, 0.29) is 52.3 Å². The van der Waals surface area contributed by atoms with E-state index in [1.54, 1.807) is 4.90 Å². The molecule has 198 valence electrons. The summed E-state index contributed by atoms with van der Waals surface area (Å²) in [5.74, 6) is -2.05. The summed E-state index contributed by atoms with van der Waals surface area (Å²) >= 11 is 11.9. The van der Waals surface area contributed by atoms with Crippen molar-refractivity contribution in [2.75, 3.05) is 0 Å². The molecule has 1 amide bonds. The smallest absolute Gasteiger partial charge is 0.372 e. The van der Waals surface area contributed by atoms with Crippen LogP contribution >= 0.6 is 23.2 Å². The van der Waals surface area contributed by atoms with Gasteiger partial charge in [-0.2, -0.15) is 13.2 Å². The van der Waals surface area contributed by atoms with Gasteiger partial charge in [0.05, 0.1) is 6.42 Å². The maximum Gasteiger partial charge on any atom is 0.435 e. The van der Waals surface area contributed by atoms with Crippen molar-refractivity contribution in [3.8, 4) is 0 Å². The molecule has 38 heavy (non-hydrogen) atoms. The van der Waals surface area contributed by atoms with E-state index >= 15 is 0 Å². The molecule has 0 bridgehead atoms. The maximum atomic E-state index is 14.3. The number of amides is 1. The van der Waals surface area contributed by atoms with Gasteiger partial charge in [0.25, 0.3) is 11.5 Å². The quantitative estimate of drug-likeness (QED) is 0.385. The summed E-state index contributed by atoms with van der Waals surface area (Å²) in [5, 5.41) is 6.37. The highest BCUT2D eigenvalue weighted by molar-refractivity contribution is 6.34. The average molecular weight is 571 g/mol. The zero-order valence-electron chi connectivity index (χ0n) is 19.3. The largest absolute Gasteiger partial charge is 0.435 e. The highest BCUT2D eigenvalue weighted by atomic mass is 35.5. The lowest BCUT2D eigenvalue weighted by molar-refractivity contribution is -0.275. The number of nitrogens with one attached hydrogen (secondary N) is 1. The minimum atomic E-state index is -4.82. The summed E-state index contributed by atoms with van der Waals surface area (Å²) in [5.41, 5.74) is -1.38. The van der Waals surface area contributed by atoms with Crippen molar-refractivity contribution in [1.29, 1.82) is 0 Å². The molecule has 3 heterocycles. The third kappa shape index (κ3) is 5.00. The molecule has 1 atom stereocenters. The Kier molecular flexibility index (Phi) is 6.68. The molecule has 2 aliphatic rings. The van der Waals surface area contributed by atoms with Crippen LogP contribution in [0, 0.1) is 11.6 Å². The standard InChI is InChI=1S/C25H17Cl2F5N4O2/c26-17-4-16(5-18(27)6-17)24(25(30,31)32)8-22(35-38-24)36-11-14-3-21(33-10-15(14)12-36)23(37)34-9-13-1-19(28)7-20(29)2-13/h1-7,10H,8-9,11-12H2,(H,34,37). The van der Waals surface area contributed by atoms with E-state index in [1.165, 1.54) is 18.3 Å². The number of nitrogens with zero attached hydrogens (tertiary/aromatic N) is 3. The normalized spacial score (nSPS) is 18.7. The van der Waals surface area contributed by atoms with Crippen LogP contribution in [0.1, 0.15) is 39.2 Å². The summed E-state index contributed by atoms with van der Waals surface area (Å²) in [6.07, 6.45) is -3.97. The summed E-state index contributed by atoms with van der Waals surface area (Å²) in [6, 6.07) is 8.04. The lowest BCUT2D eigenvalue weighted by Gasteiger charge is -2.30. The number of alkyl halides is 3. The molecule has 13 heteroatoms. The first-order chi connectivity index (χ1) is 17.9. The minimum absolute atomic E-state index is 0.0289. The molecule has 3 aromatic rings. The molecule has 0 radical (unpaired) electrons. The number of carbonyl (C=O) groups is 1. The van der Waals surface area contributed by atoms with Gasteiger partial charge in [-0.05, 0) is 53.1 Å². The van der Waals surface area contributed by atoms with Gasteiger partial charge >= 0.3 is 6.18 Å². The Labute approximate surface area is 223 Å². The molecule has 2 aromatic carbocycles. The molecule has 0 spiro atoms. The van der Waals surface area contributed by atoms with Crippen LogP contribution in [0.2, 0.25) is 10.0 Å². The highest BCUT2D eigenvalue weighted by Crippen LogP contribution is 2.49. The molecule has 1 aromatic heterocycles. The highest BCUT2D eigenvalue weighted by Gasteiger charge is 2.63. The number of pyridine rings is 1. The number of amidine groups is 1. The van der Waals surface area contributed by atoms with Crippen molar-refractivity contribution in [1.82, 2.24) is 15.2 Å². The Bertz CT molecular complexity index is 1430. The second kappa shape index (κ2) is 9.70. The second-order valence-electron chi connectivity index (χ2n) is 8.91. The van der Waals surface area contributed by atoms with Crippen LogP contribution in [0.3, 0.4) is 0 Å². The first kappa shape index (κ1) is 26.2. The SMILES string of the molecule is O=C(NCc1cc(F)cc(F)c1)c1cc2c(cn1)CN(C1=NOC(c3cc(Cl)cc(Cl)c3)(C(F)(F)F)C1)C2. The maximum absolute atomic E-state index is 14.3. The fourth-order valence-corrected chi connectivity index (χ4v) is 4.95. The van der Waals surface area contributed by atoms with Gasteiger partial charge in [-0.3, -0.25) is 9.78 Å². The third-order valence-corrected chi connectivity index (χ3v) is 6.72. The fourth-order valence-electron chi connectivity index (χ4n) is 4.42. The molecule has 0 aliphatic carbocycles. The zero-order chi connectivity index (χ0) is 27.2. The van der Waals surface area contributed by atoms with Gasteiger partial charge < -0.3 is 15.1 Å². The molecular formula is C25H17Cl2F5N4O2. The Morgan fingerprint density at radius 1 is 1.00 bits per heavy atom. The molecule has 0 saturated carbocycles. The van der Waals surface area contributed by atoms with Crippen LogP contribution in [-0.2, 0) is 30.1 Å². The van der Waals surface area contributed by atoms with Crippen molar-refractivity contribution < 1.29 is 31.6 Å². The van der Waals surface area contributed by atoms with Crippen LogP contribution < -0.4 is 5.32 Å². The number of hydrogen-bond donors (Lipinski definition) is 1. The van der Waals surface area contributed by atoms with E-state index in [0.29, 0.717) is 11.1 Å². The number of carbonyl (C=O) groups excluding carboxylic acids is 1. The number of aromatic nitrogens is 1. The van der Waals surface area contributed by atoms with Crippen LogP contribution in [0.5, 0.6) is 0 Å². The minimum Gasteiger partial charge on any atom is -0.372 e. The van der Waals surface area contributed by atoms with Crippen LogP contribution in [0.25, 0.3) is 0 Å². The van der Waals surface area contributed by atoms with Gasteiger partial charge in [-0.1, -0.05) is 28.4 Å². The number of rotatable bonds is 4. The van der Waals surface area contributed by atoms with Gasteiger partial charge in [0.2, 0.25) is 0 Å². The second-order valence-corrected chi connectivity index (χ2v) is 9.79. The lowest BCUT2D eigenvalue weighted by atomic mass is 9.89. The monoisotopic (exact) mass is 570 g/mol. The summed E-state index contributed by atoms with van der Waals surface area (Å²) in [4.78, 5) is 23.3. The fraction of sp³-hybridized carbons (Fsp3) is 0.240. The zero-order valence-corrected chi connectivity index (χ0v) is 20.8. The number of benzene rings is 2. The molecule has 5 rings (SSSR count). The Hall–Kier alpha value is -3.44. The summed E-state index contributed by atoms with van der Waals surface area (Å²) < 4.78 is 69.6. The molecule has 1 unspecified atom stereocenters. The number of halogens is 7. The van der Waals surface area contributed by atoms with Gasteiger partial charge in [-0.25, -0.2) is 8.78 Å². The lowest BCUT2D eigenvalue weighted by Crippen LogP contribution is -2.43. The summed E-state index contributed by atoms with van der Waals surface area (Å²) in [7, 11) is 0. The molecule has 2 aliphatic heterocycles. The van der Waals surface area contributed by atoms with E-state index in [2.05, 4.69) is 15.5 Å². The molecule has 0 fully saturated rings. The van der Waals surface area contributed by atoms with E-state index in [9.17, 15) is 26.7 Å². The van der Waals surface area contributed by atoms with Crippen molar-refractivity contribution in [3.63, 3.8) is 0 Å². The van der Waals surface area contributed by atoms with Crippen LogP contribution in [0.15, 0.2) is 53.8 Å². The van der Waals surface area contributed by atoms with E-state index < -0.39 is 35.7 Å². The van der Waals surface area contributed by atoms with Crippen LogP contribution in [0.4, 0.5) is 22.0 Å². The Balaban J connectivity index is 1.30. The van der Waals surface area contributed by atoms with E-state index in [4.69, 9.17) is 28.0 Å². The molecule has 0 saturated heterocycles. The van der Waals surface area contributed by atoms with Crippen molar-refractivity contribution in [3.05, 3.63) is 98.3 Å². The number of oxime groups is 1. The third-order valence-electron chi connectivity index (χ3n) is 6.28. The van der Waals surface area contributed by atoms with E-state index in [1.807, 2.05) is 0 Å². The Morgan fingerprint density at radius 2 is 1.66 bits per heavy atom. The van der Waals surface area contributed by atoms with Crippen LogP contribution in [-0.4, -0.2) is 27.8 Å².